The molecule has 5 nitrogen and oxygen atoms in total. The molecular formula is C13H22ClFN2O3S. The number of hydrogen-bond donors (Lipinski definition) is 2. The molecule has 0 aromatic heterocycles. The molecule has 8 heteroatoms. The molecule has 0 unspecified atom stereocenters. The fraction of sp³-hybridized carbons (Fsp3) is 0.538. The molecule has 0 aliphatic carbocycles. The zero-order valence-electron chi connectivity index (χ0n) is 12.6. The Morgan fingerprint density at radius 1 is 1.38 bits per heavy atom. The van der Waals surface area contributed by atoms with Gasteiger partial charge in [0.1, 0.15) is 0 Å². The van der Waals surface area contributed by atoms with E-state index >= 15 is 0 Å². The molecule has 0 spiro atoms. The quantitative estimate of drug-likeness (QED) is 0.794. The highest BCUT2D eigenvalue weighted by Crippen LogP contribution is 2.25. The molecule has 0 aliphatic rings. The van der Waals surface area contributed by atoms with Crippen LogP contribution in [-0.4, -0.2) is 34.7 Å². The number of methoxy groups -OCH3 is 1. The van der Waals surface area contributed by atoms with Crippen LogP contribution in [0.15, 0.2) is 17.0 Å². The average Bonchev–Trinajstić information content (AvgIpc) is 2.40. The average molecular weight is 341 g/mol. The van der Waals surface area contributed by atoms with Gasteiger partial charge in [-0.2, -0.15) is 0 Å². The maximum atomic E-state index is 13.9. The summed E-state index contributed by atoms with van der Waals surface area (Å²) in [6, 6.07) is 2.65. The summed E-state index contributed by atoms with van der Waals surface area (Å²) in [5, 5.41) is 3.09. The van der Waals surface area contributed by atoms with E-state index in [0.717, 1.165) is 6.54 Å². The predicted molar refractivity (Wildman–Crippen MR) is 83.3 cm³/mol. The summed E-state index contributed by atoms with van der Waals surface area (Å²) in [6.07, 6.45) is 0. The standard InChI is InChI=1S/C13H21FN2O3S.ClH/c1-5-15-9(2)8-16-20(17,18)12-7-6-11(19-4)13(14)10(12)3;/h6-7,9,15-16H,5,8H2,1-4H3;1H/t9-;/m1./s1. The van der Waals surface area contributed by atoms with Gasteiger partial charge in [-0.05, 0) is 32.5 Å². The second-order valence-corrected chi connectivity index (χ2v) is 6.25. The van der Waals surface area contributed by atoms with Gasteiger partial charge in [-0.15, -0.1) is 12.4 Å². The van der Waals surface area contributed by atoms with E-state index in [9.17, 15) is 12.8 Å². The summed E-state index contributed by atoms with van der Waals surface area (Å²) in [5.41, 5.74) is 0.0490. The second-order valence-electron chi connectivity index (χ2n) is 4.52. The Kier molecular flexibility index (Phi) is 8.17. The van der Waals surface area contributed by atoms with Crippen LogP contribution in [0, 0.1) is 12.7 Å². The highest BCUT2D eigenvalue weighted by Gasteiger charge is 2.21. The second kappa shape index (κ2) is 8.53. The van der Waals surface area contributed by atoms with Gasteiger partial charge in [0.25, 0.3) is 0 Å². The SMILES string of the molecule is CCN[C@H](C)CNS(=O)(=O)c1ccc(OC)c(F)c1C.Cl. The number of sulfonamides is 1. The lowest BCUT2D eigenvalue weighted by Crippen LogP contribution is -2.39. The van der Waals surface area contributed by atoms with Crippen molar-refractivity contribution in [3.05, 3.63) is 23.5 Å². The summed E-state index contributed by atoms with van der Waals surface area (Å²) in [7, 11) is -2.40. The van der Waals surface area contributed by atoms with Crippen LogP contribution in [0.4, 0.5) is 4.39 Å². The van der Waals surface area contributed by atoms with Crippen LogP contribution < -0.4 is 14.8 Å². The molecule has 0 aliphatic heterocycles. The Bertz CT molecular complexity index is 567. The van der Waals surface area contributed by atoms with Crippen molar-refractivity contribution in [3.8, 4) is 5.75 Å². The Balaban J connectivity index is 0.00000400. The molecule has 1 aromatic carbocycles. The molecule has 2 N–H and O–H groups in total. The zero-order valence-corrected chi connectivity index (χ0v) is 14.2. The van der Waals surface area contributed by atoms with E-state index in [1.165, 1.54) is 26.2 Å². The molecule has 0 bridgehead atoms. The molecule has 0 fully saturated rings. The molecule has 0 amide bonds. The van der Waals surface area contributed by atoms with Gasteiger partial charge in [0.15, 0.2) is 11.6 Å². The fourth-order valence-corrected chi connectivity index (χ4v) is 3.19. The van der Waals surface area contributed by atoms with Crippen LogP contribution in [0.3, 0.4) is 0 Å². The first-order valence-corrected chi connectivity index (χ1v) is 7.88. The molecule has 0 saturated carbocycles. The van der Waals surface area contributed by atoms with E-state index in [-0.39, 0.29) is 41.2 Å². The lowest BCUT2D eigenvalue weighted by molar-refractivity contribution is 0.384. The molecule has 21 heavy (non-hydrogen) atoms. The van der Waals surface area contributed by atoms with Crippen molar-refractivity contribution in [2.75, 3.05) is 20.2 Å². The third kappa shape index (κ3) is 5.10. The molecular weight excluding hydrogens is 319 g/mol. The van der Waals surface area contributed by atoms with Gasteiger partial charge < -0.3 is 10.1 Å². The van der Waals surface area contributed by atoms with E-state index in [2.05, 4.69) is 10.0 Å². The van der Waals surface area contributed by atoms with Crippen LogP contribution in [0.1, 0.15) is 19.4 Å². The largest absolute Gasteiger partial charge is 0.494 e. The van der Waals surface area contributed by atoms with Crippen molar-refractivity contribution in [2.24, 2.45) is 0 Å². The minimum absolute atomic E-state index is 0. The first-order chi connectivity index (χ1) is 9.33. The Hall–Kier alpha value is -0.890. The van der Waals surface area contributed by atoms with E-state index in [4.69, 9.17) is 4.74 Å². The summed E-state index contributed by atoms with van der Waals surface area (Å²) in [6.45, 7) is 6.21. The zero-order chi connectivity index (χ0) is 15.3. The van der Waals surface area contributed by atoms with Crippen molar-refractivity contribution in [2.45, 2.75) is 31.7 Å². The van der Waals surface area contributed by atoms with Crippen molar-refractivity contribution in [3.63, 3.8) is 0 Å². The number of ether oxygens (including phenoxy) is 1. The number of halogens is 2. The van der Waals surface area contributed by atoms with Crippen LogP contribution in [0.2, 0.25) is 0 Å². The molecule has 1 atom stereocenters. The topological polar surface area (TPSA) is 67.4 Å². The van der Waals surface area contributed by atoms with Crippen molar-refractivity contribution >= 4 is 22.4 Å². The first kappa shape index (κ1) is 20.1. The summed E-state index contributed by atoms with van der Waals surface area (Å²) in [5.74, 6) is -0.627. The van der Waals surface area contributed by atoms with Crippen LogP contribution in [-0.2, 0) is 10.0 Å². The van der Waals surface area contributed by atoms with Gasteiger partial charge in [0.2, 0.25) is 10.0 Å². The lowest BCUT2D eigenvalue weighted by atomic mass is 10.2. The Morgan fingerprint density at radius 3 is 2.52 bits per heavy atom. The van der Waals surface area contributed by atoms with E-state index in [1.807, 2.05) is 13.8 Å². The Labute approximate surface area is 131 Å². The molecule has 1 aromatic rings. The molecule has 122 valence electrons. The van der Waals surface area contributed by atoms with Gasteiger partial charge in [-0.3, -0.25) is 0 Å². The fourth-order valence-electron chi connectivity index (χ4n) is 1.82. The van der Waals surface area contributed by atoms with E-state index < -0.39 is 15.8 Å². The normalized spacial score (nSPS) is 12.6. The van der Waals surface area contributed by atoms with Crippen LogP contribution in [0.5, 0.6) is 5.75 Å². The van der Waals surface area contributed by atoms with Crippen molar-refractivity contribution in [1.29, 1.82) is 0 Å². The highest BCUT2D eigenvalue weighted by molar-refractivity contribution is 7.89. The summed E-state index contributed by atoms with van der Waals surface area (Å²) in [4.78, 5) is -0.0699. The predicted octanol–water partition coefficient (Wildman–Crippen LogP) is 1.84. The third-order valence-electron chi connectivity index (χ3n) is 2.94. The minimum Gasteiger partial charge on any atom is -0.494 e. The molecule has 0 heterocycles. The van der Waals surface area contributed by atoms with Crippen molar-refractivity contribution < 1.29 is 17.5 Å². The van der Waals surface area contributed by atoms with Gasteiger partial charge >= 0.3 is 0 Å². The van der Waals surface area contributed by atoms with Gasteiger partial charge in [-0.25, -0.2) is 17.5 Å². The van der Waals surface area contributed by atoms with Crippen LogP contribution >= 0.6 is 12.4 Å². The van der Waals surface area contributed by atoms with E-state index in [1.54, 1.807) is 0 Å². The summed E-state index contributed by atoms with van der Waals surface area (Å²) < 4.78 is 45.5. The van der Waals surface area contributed by atoms with Gasteiger partial charge in [0.05, 0.1) is 12.0 Å². The van der Waals surface area contributed by atoms with E-state index in [0.29, 0.717) is 0 Å². The number of nitrogens with one attached hydrogen (secondary N) is 2. The maximum Gasteiger partial charge on any atom is 0.240 e. The van der Waals surface area contributed by atoms with Gasteiger partial charge in [-0.1, -0.05) is 6.92 Å². The van der Waals surface area contributed by atoms with Crippen LogP contribution in [0.25, 0.3) is 0 Å². The number of rotatable bonds is 7. The van der Waals surface area contributed by atoms with Crippen molar-refractivity contribution in [1.82, 2.24) is 10.0 Å². The third-order valence-corrected chi connectivity index (χ3v) is 4.51. The maximum absolute atomic E-state index is 13.9. The first-order valence-electron chi connectivity index (χ1n) is 6.39. The summed E-state index contributed by atoms with van der Waals surface area (Å²) >= 11 is 0. The smallest absolute Gasteiger partial charge is 0.240 e. The minimum atomic E-state index is -3.74. The van der Waals surface area contributed by atoms with Gasteiger partial charge in [0, 0.05) is 18.2 Å². The number of hydrogen-bond acceptors (Lipinski definition) is 4. The lowest BCUT2D eigenvalue weighted by Gasteiger charge is -2.15. The molecule has 0 radical (unpaired) electrons. The molecule has 1 rings (SSSR count). The highest BCUT2D eigenvalue weighted by atomic mass is 35.5. The molecule has 0 saturated heterocycles. The Morgan fingerprint density at radius 2 is 2.00 bits per heavy atom. The monoisotopic (exact) mass is 340 g/mol. The number of likely N-dealkylation sites (N-methyl/N-ethyl adjacent to an activating group) is 1. The number of benzene rings is 1.